The highest BCUT2D eigenvalue weighted by Crippen LogP contribution is 2.22. The van der Waals surface area contributed by atoms with E-state index in [0.717, 1.165) is 23.5 Å². The van der Waals surface area contributed by atoms with E-state index in [-0.39, 0.29) is 12.0 Å². The van der Waals surface area contributed by atoms with Crippen molar-refractivity contribution in [3.05, 3.63) is 52.9 Å². The summed E-state index contributed by atoms with van der Waals surface area (Å²) in [5.41, 5.74) is 1.72. The maximum absolute atomic E-state index is 13.5. The Hall–Kier alpha value is -1.75. The summed E-state index contributed by atoms with van der Waals surface area (Å²) in [4.78, 5) is 0. The van der Waals surface area contributed by atoms with E-state index < -0.39 is 17.7 Å². The number of benzene rings is 1. The van der Waals surface area contributed by atoms with Crippen LogP contribution in [0.5, 0.6) is 0 Å². The van der Waals surface area contributed by atoms with Gasteiger partial charge in [0.2, 0.25) is 0 Å². The third-order valence-corrected chi connectivity index (χ3v) is 2.82. The Bertz CT molecular complexity index is 566. The van der Waals surface area contributed by atoms with E-state index >= 15 is 0 Å². The molecule has 0 bridgehead atoms. The summed E-state index contributed by atoms with van der Waals surface area (Å²) >= 11 is 0. The molecule has 18 heavy (non-hydrogen) atoms. The number of hydrogen-bond acceptors (Lipinski definition) is 2. The first-order chi connectivity index (χ1) is 8.47. The summed E-state index contributed by atoms with van der Waals surface area (Å²) in [5.74, 6) is -1.39. The molecule has 0 spiro atoms. The third-order valence-electron chi connectivity index (χ3n) is 2.82. The molecule has 5 heteroatoms. The fraction of sp³-hybridized carbons (Fsp3) is 0.308. The van der Waals surface area contributed by atoms with Gasteiger partial charge in [-0.1, -0.05) is 6.07 Å². The topological polar surface area (TPSA) is 38.0 Å². The van der Waals surface area contributed by atoms with E-state index in [2.05, 4.69) is 5.10 Å². The molecule has 0 aliphatic carbocycles. The number of nitrogens with zero attached hydrogens (tertiary/aromatic N) is 2. The molecule has 0 aliphatic rings. The number of rotatable bonds is 3. The van der Waals surface area contributed by atoms with E-state index in [1.54, 1.807) is 11.7 Å². The van der Waals surface area contributed by atoms with Crippen LogP contribution in [0.3, 0.4) is 0 Å². The Balaban J connectivity index is 2.21. The normalized spacial score (nSPS) is 12.7. The van der Waals surface area contributed by atoms with Crippen molar-refractivity contribution in [3.63, 3.8) is 0 Å². The maximum atomic E-state index is 13.5. The van der Waals surface area contributed by atoms with Crippen LogP contribution in [-0.4, -0.2) is 14.9 Å². The molecular formula is C13H14F2N2O. The average molecular weight is 252 g/mol. The minimum absolute atomic E-state index is 0.0928. The standard InChI is InChI=1S/C13H14F2N2O/c1-8-5-10(17(2)16-8)7-13(18)11-4-3-9(14)6-12(11)15/h3-6,13,18H,7H2,1-2H3. The molecule has 1 N–H and O–H groups in total. The van der Waals surface area contributed by atoms with Gasteiger partial charge in [0.25, 0.3) is 0 Å². The van der Waals surface area contributed by atoms with Crippen molar-refractivity contribution in [2.45, 2.75) is 19.4 Å². The van der Waals surface area contributed by atoms with E-state index in [9.17, 15) is 13.9 Å². The largest absolute Gasteiger partial charge is 0.388 e. The van der Waals surface area contributed by atoms with Gasteiger partial charge in [0.15, 0.2) is 0 Å². The highest BCUT2D eigenvalue weighted by Gasteiger charge is 2.16. The van der Waals surface area contributed by atoms with Crippen molar-refractivity contribution in [2.75, 3.05) is 0 Å². The molecule has 1 heterocycles. The van der Waals surface area contributed by atoms with Crippen molar-refractivity contribution >= 4 is 0 Å². The lowest BCUT2D eigenvalue weighted by Crippen LogP contribution is -2.08. The van der Waals surface area contributed by atoms with Gasteiger partial charge in [-0.25, -0.2) is 8.78 Å². The van der Waals surface area contributed by atoms with Crippen LogP contribution in [-0.2, 0) is 13.5 Å². The molecule has 0 fully saturated rings. The maximum Gasteiger partial charge on any atom is 0.131 e. The first-order valence-electron chi connectivity index (χ1n) is 5.60. The number of aliphatic hydroxyl groups excluding tert-OH is 1. The molecule has 96 valence electrons. The number of aromatic nitrogens is 2. The van der Waals surface area contributed by atoms with Gasteiger partial charge in [-0.2, -0.15) is 5.10 Å². The fourth-order valence-electron chi connectivity index (χ4n) is 1.94. The second kappa shape index (κ2) is 4.86. The van der Waals surface area contributed by atoms with Crippen LogP contribution in [0.1, 0.15) is 23.1 Å². The molecule has 0 radical (unpaired) electrons. The van der Waals surface area contributed by atoms with Gasteiger partial charge in [0.1, 0.15) is 11.6 Å². The fourth-order valence-corrected chi connectivity index (χ4v) is 1.94. The summed E-state index contributed by atoms with van der Waals surface area (Å²) in [6.07, 6.45) is -0.778. The Kier molecular flexibility index (Phi) is 3.43. The Morgan fingerprint density at radius 3 is 2.61 bits per heavy atom. The van der Waals surface area contributed by atoms with Gasteiger partial charge < -0.3 is 5.11 Å². The smallest absolute Gasteiger partial charge is 0.131 e. The quantitative estimate of drug-likeness (QED) is 0.910. The van der Waals surface area contributed by atoms with Crippen LogP contribution < -0.4 is 0 Å². The predicted octanol–water partition coefficient (Wildman–Crippen LogP) is 2.28. The molecule has 1 aromatic carbocycles. The average Bonchev–Trinajstić information content (AvgIpc) is 2.57. The lowest BCUT2D eigenvalue weighted by molar-refractivity contribution is 0.171. The van der Waals surface area contributed by atoms with E-state index in [1.165, 1.54) is 6.07 Å². The lowest BCUT2D eigenvalue weighted by atomic mass is 10.0. The van der Waals surface area contributed by atoms with Gasteiger partial charge in [-0.05, 0) is 19.1 Å². The van der Waals surface area contributed by atoms with Crippen LogP contribution in [0.15, 0.2) is 24.3 Å². The number of aliphatic hydroxyl groups is 1. The second-order valence-electron chi connectivity index (χ2n) is 4.29. The second-order valence-corrected chi connectivity index (χ2v) is 4.29. The van der Waals surface area contributed by atoms with Gasteiger partial charge in [-0.3, -0.25) is 4.68 Å². The first-order valence-corrected chi connectivity index (χ1v) is 5.60. The van der Waals surface area contributed by atoms with Gasteiger partial charge >= 0.3 is 0 Å². The monoisotopic (exact) mass is 252 g/mol. The molecular weight excluding hydrogens is 238 g/mol. The molecule has 1 aromatic heterocycles. The van der Waals surface area contributed by atoms with E-state index in [0.29, 0.717) is 0 Å². The molecule has 0 saturated heterocycles. The summed E-state index contributed by atoms with van der Waals surface area (Å²) < 4.78 is 27.9. The molecule has 3 nitrogen and oxygen atoms in total. The van der Waals surface area contributed by atoms with Crippen LogP contribution in [0, 0.1) is 18.6 Å². The van der Waals surface area contributed by atoms with Crippen LogP contribution >= 0.6 is 0 Å². The molecule has 2 rings (SSSR count). The Morgan fingerprint density at radius 1 is 1.33 bits per heavy atom. The van der Waals surface area contributed by atoms with Crippen LogP contribution in [0.4, 0.5) is 8.78 Å². The minimum Gasteiger partial charge on any atom is -0.388 e. The summed E-state index contributed by atoms with van der Waals surface area (Å²) in [5, 5.41) is 14.1. The summed E-state index contributed by atoms with van der Waals surface area (Å²) in [6.45, 7) is 1.84. The highest BCUT2D eigenvalue weighted by atomic mass is 19.1. The SMILES string of the molecule is Cc1cc(CC(O)c2ccc(F)cc2F)n(C)n1. The molecule has 1 unspecified atom stereocenters. The van der Waals surface area contributed by atoms with Gasteiger partial charge in [0.05, 0.1) is 11.8 Å². The first kappa shape index (κ1) is 12.7. The zero-order valence-corrected chi connectivity index (χ0v) is 10.2. The third kappa shape index (κ3) is 2.56. The molecule has 2 aromatic rings. The molecule has 0 amide bonds. The van der Waals surface area contributed by atoms with Crippen molar-refractivity contribution in [3.8, 4) is 0 Å². The predicted molar refractivity (Wildman–Crippen MR) is 63.0 cm³/mol. The van der Waals surface area contributed by atoms with Crippen molar-refractivity contribution in [1.82, 2.24) is 9.78 Å². The van der Waals surface area contributed by atoms with Gasteiger partial charge in [0, 0.05) is 30.8 Å². The van der Waals surface area contributed by atoms with Crippen molar-refractivity contribution in [2.24, 2.45) is 7.05 Å². The number of hydrogen-bond donors (Lipinski definition) is 1. The number of halogens is 2. The van der Waals surface area contributed by atoms with Crippen LogP contribution in [0.25, 0.3) is 0 Å². The lowest BCUT2D eigenvalue weighted by Gasteiger charge is -2.12. The zero-order valence-electron chi connectivity index (χ0n) is 10.2. The van der Waals surface area contributed by atoms with E-state index in [1.807, 2.05) is 13.0 Å². The van der Waals surface area contributed by atoms with Crippen LogP contribution in [0.2, 0.25) is 0 Å². The van der Waals surface area contributed by atoms with Gasteiger partial charge in [-0.15, -0.1) is 0 Å². The summed E-state index contributed by atoms with van der Waals surface area (Å²) in [7, 11) is 1.76. The number of aryl methyl sites for hydroxylation is 2. The minimum atomic E-state index is -1.01. The summed E-state index contributed by atoms with van der Waals surface area (Å²) in [6, 6.07) is 4.99. The Labute approximate surface area is 104 Å². The van der Waals surface area contributed by atoms with Crippen molar-refractivity contribution in [1.29, 1.82) is 0 Å². The zero-order chi connectivity index (χ0) is 13.3. The van der Waals surface area contributed by atoms with Crippen molar-refractivity contribution < 1.29 is 13.9 Å². The molecule has 1 atom stereocenters. The molecule has 0 aliphatic heterocycles. The molecule has 0 saturated carbocycles. The highest BCUT2D eigenvalue weighted by molar-refractivity contribution is 5.23. The van der Waals surface area contributed by atoms with E-state index in [4.69, 9.17) is 0 Å². The Morgan fingerprint density at radius 2 is 2.06 bits per heavy atom.